The van der Waals surface area contributed by atoms with Crippen molar-refractivity contribution in [2.75, 3.05) is 67.8 Å². The van der Waals surface area contributed by atoms with Crippen molar-refractivity contribution in [2.24, 2.45) is 5.10 Å². The quantitative estimate of drug-likeness (QED) is 0.375. The Morgan fingerprint density at radius 2 is 1.47 bits per heavy atom. The first-order valence-electron chi connectivity index (χ1n) is 11.9. The fourth-order valence-corrected chi connectivity index (χ4v) is 3.83. The molecule has 5 rings (SSSR count). The van der Waals surface area contributed by atoms with Crippen LogP contribution in [0.3, 0.4) is 0 Å². The molecule has 36 heavy (non-hydrogen) atoms. The molecule has 0 amide bonds. The number of hydrogen-bond donors (Lipinski definition) is 1. The van der Waals surface area contributed by atoms with Crippen molar-refractivity contribution in [3.05, 3.63) is 65.5 Å². The van der Waals surface area contributed by atoms with E-state index < -0.39 is 0 Å². The van der Waals surface area contributed by atoms with Crippen molar-refractivity contribution in [3.63, 3.8) is 0 Å². The van der Waals surface area contributed by atoms with E-state index in [0.717, 1.165) is 11.1 Å². The summed E-state index contributed by atoms with van der Waals surface area (Å²) in [5.41, 5.74) is 4.61. The van der Waals surface area contributed by atoms with E-state index in [1.807, 2.05) is 24.3 Å². The zero-order chi connectivity index (χ0) is 24.6. The first-order chi connectivity index (χ1) is 17.7. The highest BCUT2D eigenvalue weighted by atomic mass is 19.1. The summed E-state index contributed by atoms with van der Waals surface area (Å²) >= 11 is 0. The second-order valence-electron chi connectivity index (χ2n) is 8.28. The Morgan fingerprint density at radius 1 is 0.861 bits per heavy atom. The number of ether oxygens (including phenoxy) is 3. The molecule has 2 saturated heterocycles. The van der Waals surface area contributed by atoms with Crippen molar-refractivity contribution in [1.82, 2.24) is 15.0 Å². The number of benzene rings is 2. The third kappa shape index (κ3) is 6.23. The number of hydrogen-bond acceptors (Lipinski definition) is 10. The van der Waals surface area contributed by atoms with Gasteiger partial charge < -0.3 is 24.0 Å². The lowest BCUT2D eigenvalue weighted by molar-refractivity contribution is 0.121. The maximum absolute atomic E-state index is 13.2. The molecule has 0 saturated carbocycles. The normalized spacial score (nSPS) is 16.4. The number of aromatic nitrogens is 3. The first-order valence-corrected chi connectivity index (χ1v) is 11.9. The van der Waals surface area contributed by atoms with Crippen LogP contribution in [0.1, 0.15) is 11.1 Å². The monoisotopic (exact) mass is 493 g/mol. The molecular weight excluding hydrogens is 465 g/mol. The molecule has 2 aliphatic heterocycles. The molecule has 2 aromatic carbocycles. The Hall–Kier alpha value is -3.83. The van der Waals surface area contributed by atoms with Gasteiger partial charge in [0, 0.05) is 31.7 Å². The number of halogens is 1. The number of nitrogens with zero attached hydrogens (tertiary/aromatic N) is 6. The molecule has 2 fully saturated rings. The second-order valence-corrected chi connectivity index (χ2v) is 8.28. The third-order valence-corrected chi connectivity index (χ3v) is 5.79. The minimum atomic E-state index is -0.274. The molecule has 0 atom stereocenters. The number of nitrogens with one attached hydrogen (secondary N) is 1. The van der Waals surface area contributed by atoms with Crippen LogP contribution in [0.2, 0.25) is 0 Å². The van der Waals surface area contributed by atoms with Gasteiger partial charge in [0.2, 0.25) is 17.8 Å². The highest BCUT2D eigenvalue weighted by molar-refractivity contribution is 5.83. The molecule has 0 bridgehead atoms. The predicted molar refractivity (Wildman–Crippen MR) is 134 cm³/mol. The van der Waals surface area contributed by atoms with E-state index >= 15 is 0 Å². The van der Waals surface area contributed by atoms with E-state index in [9.17, 15) is 4.39 Å². The molecule has 3 heterocycles. The summed E-state index contributed by atoms with van der Waals surface area (Å²) in [4.78, 5) is 18.1. The van der Waals surface area contributed by atoms with Crippen molar-refractivity contribution in [3.8, 4) is 5.75 Å². The molecule has 3 aromatic rings. The Morgan fingerprint density at radius 3 is 2.11 bits per heavy atom. The topological polar surface area (TPSA) is 97.2 Å². The highest BCUT2D eigenvalue weighted by Gasteiger charge is 2.20. The molecule has 0 unspecified atom stereocenters. The van der Waals surface area contributed by atoms with Gasteiger partial charge in [-0.25, -0.2) is 9.82 Å². The van der Waals surface area contributed by atoms with E-state index in [1.54, 1.807) is 18.3 Å². The standard InChI is InChI=1S/C25H28FN7O3/c26-21-7-5-19(6-8-21)18-36-22-4-2-1-3-20(22)17-27-31-23-28-24(32-9-13-34-14-10-32)30-25(29-23)33-11-15-35-16-12-33/h1-8,17H,9-16,18H2,(H,28,29,30,31)/b27-17-. The maximum atomic E-state index is 13.2. The summed E-state index contributed by atoms with van der Waals surface area (Å²) in [6, 6.07) is 13.8. The summed E-state index contributed by atoms with van der Waals surface area (Å²) in [6.07, 6.45) is 1.66. The summed E-state index contributed by atoms with van der Waals surface area (Å²) < 4.78 is 30.0. The number of hydrazone groups is 1. The lowest BCUT2D eigenvalue weighted by Gasteiger charge is -2.30. The largest absolute Gasteiger partial charge is 0.488 e. The fraction of sp³-hybridized carbons (Fsp3) is 0.360. The van der Waals surface area contributed by atoms with Gasteiger partial charge in [0.05, 0.1) is 32.6 Å². The van der Waals surface area contributed by atoms with Gasteiger partial charge in [-0.2, -0.15) is 20.1 Å². The van der Waals surface area contributed by atoms with Crippen molar-refractivity contribution in [2.45, 2.75) is 6.61 Å². The van der Waals surface area contributed by atoms with E-state index in [1.165, 1.54) is 12.1 Å². The van der Waals surface area contributed by atoms with Crippen LogP contribution in [-0.4, -0.2) is 73.8 Å². The van der Waals surface area contributed by atoms with Crippen LogP contribution in [0.5, 0.6) is 5.75 Å². The average Bonchev–Trinajstić information content (AvgIpc) is 2.94. The van der Waals surface area contributed by atoms with Gasteiger partial charge in [-0.15, -0.1) is 0 Å². The summed E-state index contributed by atoms with van der Waals surface area (Å²) in [5.74, 6) is 1.93. The van der Waals surface area contributed by atoms with E-state index in [2.05, 4.69) is 30.3 Å². The third-order valence-electron chi connectivity index (χ3n) is 5.79. The van der Waals surface area contributed by atoms with Gasteiger partial charge >= 0.3 is 0 Å². The second kappa shape index (κ2) is 11.7. The summed E-state index contributed by atoms with van der Waals surface area (Å²) in [5, 5.41) is 4.37. The van der Waals surface area contributed by atoms with Crippen LogP contribution in [0.4, 0.5) is 22.2 Å². The number of morpholine rings is 2. The summed E-state index contributed by atoms with van der Waals surface area (Å²) in [6.45, 7) is 5.72. The average molecular weight is 494 g/mol. The van der Waals surface area contributed by atoms with Gasteiger partial charge in [0.15, 0.2) is 0 Å². The van der Waals surface area contributed by atoms with E-state index in [-0.39, 0.29) is 5.82 Å². The molecule has 1 N–H and O–H groups in total. The molecular formula is C25H28FN7O3. The molecule has 11 heteroatoms. The smallest absolute Gasteiger partial charge is 0.250 e. The number of anilines is 3. The van der Waals surface area contributed by atoms with Gasteiger partial charge in [0.25, 0.3) is 0 Å². The van der Waals surface area contributed by atoms with Gasteiger partial charge in [0.1, 0.15) is 18.2 Å². The minimum Gasteiger partial charge on any atom is -0.488 e. The van der Waals surface area contributed by atoms with Crippen LogP contribution in [-0.2, 0) is 16.1 Å². The highest BCUT2D eigenvalue weighted by Crippen LogP contribution is 2.20. The zero-order valence-corrected chi connectivity index (χ0v) is 19.8. The molecule has 0 radical (unpaired) electrons. The minimum absolute atomic E-state index is 0.274. The molecule has 10 nitrogen and oxygen atoms in total. The van der Waals surface area contributed by atoms with Crippen LogP contribution in [0.15, 0.2) is 53.6 Å². The van der Waals surface area contributed by atoms with Gasteiger partial charge in [-0.3, -0.25) is 0 Å². The molecule has 2 aliphatic rings. The van der Waals surface area contributed by atoms with Crippen LogP contribution in [0.25, 0.3) is 0 Å². The number of para-hydroxylation sites is 1. The van der Waals surface area contributed by atoms with Crippen LogP contribution >= 0.6 is 0 Å². The zero-order valence-electron chi connectivity index (χ0n) is 19.8. The van der Waals surface area contributed by atoms with E-state index in [4.69, 9.17) is 19.2 Å². The Labute approximate surface area is 208 Å². The molecule has 1 aromatic heterocycles. The maximum Gasteiger partial charge on any atom is 0.250 e. The SMILES string of the molecule is Fc1ccc(COc2ccccc2/C=N\Nc2nc(N3CCOCC3)nc(N3CCOCC3)n2)cc1. The lowest BCUT2D eigenvalue weighted by atomic mass is 10.2. The Balaban J connectivity index is 1.31. The van der Waals surface area contributed by atoms with Crippen molar-refractivity contribution < 1.29 is 18.6 Å². The first kappa shape index (κ1) is 23.9. The van der Waals surface area contributed by atoms with Crippen molar-refractivity contribution in [1.29, 1.82) is 0 Å². The van der Waals surface area contributed by atoms with Gasteiger partial charge in [-0.1, -0.05) is 24.3 Å². The molecule has 0 aliphatic carbocycles. The predicted octanol–water partition coefficient (Wildman–Crippen LogP) is 2.71. The number of rotatable bonds is 8. The van der Waals surface area contributed by atoms with Crippen LogP contribution in [0, 0.1) is 5.82 Å². The molecule has 0 spiro atoms. The van der Waals surface area contributed by atoms with Crippen molar-refractivity contribution >= 4 is 24.1 Å². The van der Waals surface area contributed by atoms with Gasteiger partial charge in [-0.05, 0) is 29.8 Å². The Bertz CT molecular complexity index is 1130. The van der Waals surface area contributed by atoms with E-state index in [0.29, 0.717) is 82.8 Å². The molecule has 188 valence electrons. The Kier molecular flexibility index (Phi) is 7.79. The lowest BCUT2D eigenvalue weighted by Crippen LogP contribution is -2.40. The van der Waals surface area contributed by atoms with Crippen LogP contribution < -0.4 is 20.0 Å². The summed E-state index contributed by atoms with van der Waals surface area (Å²) in [7, 11) is 0. The fourth-order valence-electron chi connectivity index (χ4n) is 3.83.